The zero-order valence-corrected chi connectivity index (χ0v) is 24.6. The number of allylic oxidation sites excluding steroid dienone is 2. The van der Waals surface area contributed by atoms with Gasteiger partial charge in [-0.25, -0.2) is 4.79 Å². The van der Waals surface area contributed by atoms with Crippen molar-refractivity contribution >= 4 is 35.5 Å². The third kappa shape index (κ3) is 16.7. The standard InChI is InChI=1S/C29H46N4O3S/c1-8-23(17-16-21(2)3)13-10-9-12-22(4)32-33-27(37)31-26(34)19-24-14-11-15-25(18-24)20-30-28(35)36-29(5,6)7/h11,14-16,18,23H,8-10,12-13,17,19-20H2,1-7H3,(H,30,35)(H2,31,33,34,37)/b32-22+. The molecule has 0 saturated carbocycles. The van der Waals surface area contributed by atoms with Crippen LogP contribution in [0.5, 0.6) is 0 Å². The lowest BCUT2D eigenvalue weighted by molar-refractivity contribution is -0.119. The summed E-state index contributed by atoms with van der Waals surface area (Å²) in [5, 5.41) is 13.8. The van der Waals surface area contributed by atoms with Crippen molar-refractivity contribution in [3.8, 4) is 0 Å². The largest absolute Gasteiger partial charge is 0.444 e. The monoisotopic (exact) mass is 530 g/mol. The first-order chi connectivity index (χ1) is 17.4. The van der Waals surface area contributed by atoms with E-state index in [1.165, 1.54) is 24.8 Å². The third-order valence-corrected chi connectivity index (χ3v) is 5.80. The summed E-state index contributed by atoms with van der Waals surface area (Å²) in [6, 6.07) is 7.46. The fourth-order valence-corrected chi connectivity index (χ4v) is 3.77. The quantitative estimate of drug-likeness (QED) is 0.0642. The van der Waals surface area contributed by atoms with E-state index in [2.05, 4.69) is 60.3 Å². The summed E-state index contributed by atoms with van der Waals surface area (Å²) >= 11 is 4.25. The van der Waals surface area contributed by atoms with Gasteiger partial charge in [0.05, 0.1) is 6.42 Å². The van der Waals surface area contributed by atoms with Gasteiger partial charge in [-0.1, -0.05) is 62.1 Å². The smallest absolute Gasteiger partial charge is 0.407 e. The molecule has 2 amide bonds. The minimum Gasteiger partial charge on any atom is -0.444 e. The predicted octanol–water partition coefficient (Wildman–Crippen LogP) is 6.97. The number of ether oxygens (including phenoxy) is 1. The second kappa shape index (κ2) is 17.0. The minimum atomic E-state index is -0.553. The van der Waals surface area contributed by atoms with Crippen LogP contribution in [0.1, 0.15) is 98.1 Å². The van der Waals surface area contributed by atoms with Crippen molar-refractivity contribution in [1.29, 1.82) is 0 Å². The van der Waals surface area contributed by atoms with Crippen LogP contribution in [0.25, 0.3) is 0 Å². The number of carbonyl (C=O) groups is 2. The molecule has 7 nitrogen and oxygen atoms in total. The summed E-state index contributed by atoms with van der Waals surface area (Å²) in [6.45, 7) is 14.3. The van der Waals surface area contributed by atoms with Crippen LogP contribution in [0.4, 0.5) is 4.79 Å². The van der Waals surface area contributed by atoms with Crippen molar-refractivity contribution in [2.75, 3.05) is 0 Å². The third-order valence-electron chi connectivity index (χ3n) is 5.60. The van der Waals surface area contributed by atoms with Gasteiger partial charge in [0.2, 0.25) is 5.91 Å². The lowest BCUT2D eigenvalue weighted by Crippen LogP contribution is -2.32. The molecule has 0 aliphatic carbocycles. The van der Waals surface area contributed by atoms with E-state index in [1.54, 1.807) is 0 Å². The highest BCUT2D eigenvalue weighted by molar-refractivity contribution is 7.96. The zero-order chi connectivity index (χ0) is 27.8. The first-order valence-electron chi connectivity index (χ1n) is 13.2. The van der Waals surface area contributed by atoms with Crippen molar-refractivity contribution in [2.45, 2.75) is 106 Å². The van der Waals surface area contributed by atoms with E-state index in [1.807, 2.05) is 52.0 Å². The van der Waals surface area contributed by atoms with E-state index in [9.17, 15) is 9.59 Å². The molecule has 0 saturated heterocycles. The Labute approximate surface area is 229 Å². The van der Waals surface area contributed by atoms with Gasteiger partial charge in [0.15, 0.2) is 5.17 Å². The molecule has 0 bridgehead atoms. The molecule has 0 radical (unpaired) electrons. The molecule has 0 heterocycles. The molecule has 0 spiro atoms. The average molecular weight is 531 g/mol. The van der Waals surface area contributed by atoms with Gasteiger partial charge in [0.1, 0.15) is 5.60 Å². The SMILES string of the molecule is CCC(CC=C(C)C)CCCC/C(C)=N/N=C(\S)NC(=O)Cc1cccc(CNC(=O)OC(C)(C)C)c1. The van der Waals surface area contributed by atoms with Crippen molar-refractivity contribution in [1.82, 2.24) is 10.6 Å². The number of thiol groups is 1. The Morgan fingerprint density at radius 3 is 2.46 bits per heavy atom. The van der Waals surface area contributed by atoms with Gasteiger partial charge >= 0.3 is 6.09 Å². The van der Waals surface area contributed by atoms with Crippen molar-refractivity contribution in [3.63, 3.8) is 0 Å². The first-order valence-corrected chi connectivity index (χ1v) is 13.6. The van der Waals surface area contributed by atoms with Crippen molar-refractivity contribution in [3.05, 3.63) is 47.0 Å². The molecule has 8 heteroatoms. The molecule has 1 unspecified atom stereocenters. The topological polar surface area (TPSA) is 92.1 Å². The number of nitrogens with zero attached hydrogens (tertiary/aromatic N) is 2. The Bertz CT molecular complexity index is 960. The number of nitrogens with one attached hydrogen (secondary N) is 2. The fourth-order valence-electron chi connectivity index (χ4n) is 3.60. The number of amidine groups is 1. The molecule has 2 N–H and O–H groups in total. The molecule has 1 rings (SSSR count). The maximum Gasteiger partial charge on any atom is 0.407 e. The van der Waals surface area contributed by atoms with Gasteiger partial charge in [-0.15, -0.1) is 17.7 Å². The van der Waals surface area contributed by atoms with E-state index in [0.717, 1.165) is 42.0 Å². The van der Waals surface area contributed by atoms with Gasteiger partial charge < -0.3 is 15.4 Å². The Balaban J connectivity index is 2.45. The molecular weight excluding hydrogens is 484 g/mol. The second-order valence-corrected chi connectivity index (χ2v) is 11.1. The molecule has 1 aromatic carbocycles. The average Bonchev–Trinajstić information content (AvgIpc) is 2.80. The number of hydrogen-bond donors (Lipinski definition) is 3. The molecule has 1 aromatic rings. The van der Waals surface area contributed by atoms with E-state index in [4.69, 9.17) is 4.74 Å². The van der Waals surface area contributed by atoms with Crippen LogP contribution in [-0.2, 0) is 22.5 Å². The van der Waals surface area contributed by atoms with Gasteiger partial charge in [-0.2, -0.15) is 5.10 Å². The van der Waals surface area contributed by atoms with Crippen LogP contribution in [0, 0.1) is 5.92 Å². The summed E-state index contributed by atoms with van der Waals surface area (Å²) in [7, 11) is 0. The van der Waals surface area contributed by atoms with Crippen LogP contribution >= 0.6 is 12.6 Å². The highest BCUT2D eigenvalue weighted by Gasteiger charge is 2.15. The number of amides is 2. The molecule has 0 aliphatic heterocycles. The maximum absolute atomic E-state index is 12.4. The Kier molecular flexibility index (Phi) is 14.9. The van der Waals surface area contributed by atoms with E-state index < -0.39 is 11.7 Å². The number of hydrogen-bond acceptors (Lipinski definition) is 5. The normalized spacial score (nSPS) is 13.1. The van der Waals surface area contributed by atoms with E-state index in [0.29, 0.717) is 6.54 Å². The minimum absolute atomic E-state index is 0.161. The molecule has 37 heavy (non-hydrogen) atoms. The van der Waals surface area contributed by atoms with Crippen LogP contribution in [0.15, 0.2) is 46.1 Å². The highest BCUT2D eigenvalue weighted by Crippen LogP contribution is 2.19. The molecule has 1 atom stereocenters. The lowest BCUT2D eigenvalue weighted by atomic mass is 9.94. The Hall–Kier alpha value is -2.61. The molecule has 0 fully saturated rings. The van der Waals surface area contributed by atoms with Crippen LogP contribution < -0.4 is 10.6 Å². The van der Waals surface area contributed by atoms with Gasteiger partial charge in [0.25, 0.3) is 0 Å². The summed E-state index contributed by atoms with van der Waals surface area (Å²) < 4.78 is 5.25. The summed E-state index contributed by atoms with van der Waals surface area (Å²) in [5.74, 6) is 0.507. The van der Waals surface area contributed by atoms with E-state index in [-0.39, 0.29) is 17.5 Å². The van der Waals surface area contributed by atoms with Crippen molar-refractivity contribution < 1.29 is 14.3 Å². The second-order valence-electron chi connectivity index (χ2n) is 10.7. The summed E-state index contributed by atoms with van der Waals surface area (Å²) in [4.78, 5) is 24.3. The molecule has 206 valence electrons. The molecular formula is C29H46N4O3S. The van der Waals surface area contributed by atoms with Crippen LogP contribution in [0.3, 0.4) is 0 Å². The number of benzene rings is 1. The summed E-state index contributed by atoms with van der Waals surface area (Å²) in [5.41, 5.74) is 3.44. The van der Waals surface area contributed by atoms with Crippen LogP contribution in [0.2, 0.25) is 0 Å². The first kappa shape index (κ1) is 32.4. The maximum atomic E-state index is 12.4. The number of unbranched alkanes of at least 4 members (excludes halogenated alkanes) is 1. The van der Waals surface area contributed by atoms with Gasteiger partial charge in [-0.3, -0.25) is 4.79 Å². The molecule has 0 aromatic heterocycles. The zero-order valence-electron chi connectivity index (χ0n) is 23.7. The summed E-state index contributed by atoms with van der Waals surface area (Å²) in [6.07, 6.45) is 8.72. The lowest BCUT2D eigenvalue weighted by Gasteiger charge is -2.19. The molecule has 0 aliphatic rings. The van der Waals surface area contributed by atoms with Crippen LogP contribution in [-0.4, -0.2) is 28.5 Å². The van der Waals surface area contributed by atoms with E-state index >= 15 is 0 Å². The number of alkyl carbamates (subject to hydrolysis) is 1. The fraction of sp³-hybridized carbons (Fsp3) is 0.586. The number of rotatable bonds is 13. The highest BCUT2D eigenvalue weighted by atomic mass is 32.1. The van der Waals surface area contributed by atoms with Crippen molar-refractivity contribution in [2.24, 2.45) is 16.1 Å². The Morgan fingerprint density at radius 1 is 1.11 bits per heavy atom. The van der Waals surface area contributed by atoms with Gasteiger partial charge in [0, 0.05) is 12.3 Å². The number of carbonyl (C=O) groups excluding carboxylic acids is 2. The predicted molar refractivity (Wildman–Crippen MR) is 157 cm³/mol. The van der Waals surface area contributed by atoms with Gasteiger partial charge in [-0.05, 0) is 77.8 Å². The Morgan fingerprint density at radius 2 is 1.81 bits per heavy atom.